The summed E-state index contributed by atoms with van der Waals surface area (Å²) in [6.45, 7) is 1.13. The third kappa shape index (κ3) is 4.48. The van der Waals surface area contributed by atoms with Gasteiger partial charge in [0.1, 0.15) is 0 Å². The number of anilines is 1. The van der Waals surface area contributed by atoms with Crippen LogP contribution in [0.25, 0.3) is 10.9 Å². The molecule has 0 saturated heterocycles. The minimum Gasteiger partial charge on any atom is -0.481 e. The van der Waals surface area contributed by atoms with Gasteiger partial charge in [0.15, 0.2) is 0 Å². The fourth-order valence-corrected chi connectivity index (χ4v) is 2.74. The number of benzene rings is 1. The van der Waals surface area contributed by atoms with Crippen LogP contribution in [0.4, 0.5) is 18.9 Å². The summed E-state index contributed by atoms with van der Waals surface area (Å²) in [7, 11) is 1.45. The van der Waals surface area contributed by atoms with Gasteiger partial charge < -0.3 is 20.4 Å². The van der Waals surface area contributed by atoms with Crippen LogP contribution in [-0.2, 0) is 22.3 Å². The van der Waals surface area contributed by atoms with E-state index in [9.17, 15) is 22.8 Å². The Hall–Kier alpha value is -3.56. The molecule has 0 bridgehead atoms. The number of hydrogen-bond donors (Lipinski definition) is 3. The number of rotatable bonds is 4. The Morgan fingerprint density at radius 1 is 1.21 bits per heavy atom. The van der Waals surface area contributed by atoms with Crippen molar-refractivity contribution in [2.24, 2.45) is 0 Å². The zero-order chi connectivity index (χ0) is 21.2. The average molecular weight is 406 g/mol. The molecule has 2 heterocycles. The molecule has 0 atom stereocenters. The van der Waals surface area contributed by atoms with E-state index in [1.54, 1.807) is 6.07 Å². The molecule has 1 aromatic carbocycles. The van der Waals surface area contributed by atoms with E-state index in [0.717, 1.165) is 6.07 Å². The van der Waals surface area contributed by atoms with Crippen LogP contribution in [0.1, 0.15) is 16.7 Å². The molecule has 29 heavy (non-hydrogen) atoms. The fraction of sp³-hybridized carbons (Fsp3) is 0.211. The highest BCUT2D eigenvalue weighted by molar-refractivity contribution is 6.40. The first kappa shape index (κ1) is 20.2. The number of alkyl halides is 3. The number of carbonyl (C=O) groups excluding carboxylic acids is 2. The van der Waals surface area contributed by atoms with E-state index in [0.29, 0.717) is 22.5 Å². The molecule has 0 aliphatic heterocycles. The van der Waals surface area contributed by atoms with Gasteiger partial charge in [-0.2, -0.15) is 13.2 Å². The van der Waals surface area contributed by atoms with Crippen molar-refractivity contribution in [3.05, 3.63) is 53.3 Å². The first-order chi connectivity index (χ1) is 13.7. The van der Waals surface area contributed by atoms with E-state index in [4.69, 9.17) is 4.74 Å². The van der Waals surface area contributed by atoms with Gasteiger partial charge in [-0.1, -0.05) is 12.1 Å². The van der Waals surface area contributed by atoms with E-state index in [1.807, 2.05) is 0 Å². The summed E-state index contributed by atoms with van der Waals surface area (Å²) in [5.74, 6) is -1.60. The Labute approximate surface area is 163 Å². The van der Waals surface area contributed by atoms with Crippen LogP contribution in [0, 0.1) is 6.92 Å². The summed E-state index contributed by atoms with van der Waals surface area (Å²) in [6.07, 6.45) is -1.49. The number of fused-ring (bicyclic) bond motifs is 1. The molecule has 2 amide bonds. The van der Waals surface area contributed by atoms with Gasteiger partial charge in [0.2, 0.25) is 5.88 Å². The van der Waals surface area contributed by atoms with Crippen LogP contribution in [0.3, 0.4) is 0 Å². The van der Waals surface area contributed by atoms with Crippen molar-refractivity contribution in [2.75, 3.05) is 12.4 Å². The maximum atomic E-state index is 13.0. The van der Waals surface area contributed by atoms with Crippen LogP contribution >= 0.6 is 0 Å². The normalized spacial score (nSPS) is 11.3. The summed E-state index contributed by atoms with van der Waals surface area (Å²) < 4.78 is 44.0. The molecule has 3 aromatic rings. The molecule has 0 unspecified atom stereocenters. The van der Waals surface area contributed by atoms with E-state index in [2.05, 4.69) is 20.6 Å². The zero-order valence-electron chi connectivity index (χ0n) is 15.5. The number of nitrogens with zero attached hydrogens (tertiary/aromatic N) is 1. The Kier molecular flexibility index (Phi) is 5.44. The lowest BCUT2D eigenvalue weighted by atomic mass is 10.0. The second-order valence-corrected chi connectivity index (χ2v) is 6.26. The standard InChI is InChI=1S/C19H17F3N4O3/c1-10-3-4-11(5-13(10)19(20,21)22)7-25-17(27)18(28)26-15-9-23-14-8-24-16(29-2)6-12(14)15/h3-6,8-9,23H,7H2,1-2H3,(H,25,27)(H,26,28). The van der Waals surface area contributed by atoms with Crippen molar-refractivity contribution in [2.45, 2.75) is 19.6 Å². The summed E-state index contributed by atoms with van der Waals surface area (Å²) in [5, 5.41) is 5.36. The number of aromatic nitrogens is 2. The number of H-pyrrole nitrogens is 1. The molecule has 10 heteroatoms. The van der Waals surface area contributed by atoms with Gasteiger partial charge in [-0.05, 0) is 24.1 Å². The number of carbonyl (C=O) groups is 2. The molecule has 152 valence electrons. The van der Waals surface area contributed by atoms with Gasteiger partial charge in [0.25, 0.3) is 0 Å². The molecule has 0 fully saturated rings. The van der Waals surface area contributed by atoms with Crippen LogP contribution < -0.4 is 15.4 Å². The zero-order valence-corrected chi connectivity index (χ0v) is 15.5. The monoisotopic (exact) mass is 406 g/mol. The summed E-state index contributed by atoms with van der Waals surface area (Å²) in [6, 6.07) is 5.32. The molecule has 2 aromatic heterocycles. The van der Waals surface area contributed by atoms with E-state index in [-0.39, 0.29) is 17.7 Å². The quantitative estimate of drug-likeness (QED) is 0.580. The molecular weight excluding hydrogens is 389 g/mol. The number of pyridine rings is 1. The van der Waals surface area contributed by atoms with Gasteiger partial charge in [-0.15, -0.1) is 0 Å². The predicted octanol–water partition coefficient (Wildman–Crippen LogP) is 3.15. The maximum Gasteiger partial charge on any atom is 0.416 e. The van der Waals surface area contributed by atoms with Crippen molar-refractivity contribution in [3.8, 4) is 5.88 Å². The minimum atomic E-state index is -4.49. The first-order valence-corrected chi connectivity index (χ1v) is 8.46. The number of aromatic amines is 1. The minimum absolute atomic E-state index is 0.0783. The number of nitrogens with one attached hydrogen (secondary N) is 3. The number of amides is 2. The molecule has 0 aliphatic carbocycles. The highest BCUT2D eigenvalue weighted by Gasteiger charge is 2.32. The lowest BCUT2D eigenvalue weighted by Crippen LogP contribution is -2.35. The molecule has 3 rings (SSSR count). The smallest absolute Gasteiger partial charge is 0.416 e. The van der Waals surface area contributed by atoms with Crippen LogP contribution in [0.5, 0.6) is 5.88 Å². The Bertz CT molecular complexity index is 1080. The number of halogens is 3. The summed E-state index contributed by atoms with van der Waals surface area (Å²) in [4.78, 5) is 31.1. The van der Waals surface area contributed by atoms with Crippen LogP contribution in [-0.4, -0.2) is 28.9 Å². The van der Waals surface area contributed by atoms with Crippen molar-refractivity contribution in [1.29, 1.82) is 0 Å². The Morgan fingerprint density at radius 2 is 1.97 bits per heavy atom. The van der Waals surface area contributed by atoms with Crippen molar-refractivity contribution in [3.63, 3.8) is 0 Å². The van der Waals surface area contributed by atoms with Crippen molar-refractivity contribution >= 4 is 28.4 Å². The van der Waals surface area contributed by atoms with Gasteiger partial charge >= 0.3 is 18.0 Å². The largest absolute Gasteiger partial charge is 0.481 e. The van der Waals surface area contributed by atoms with Crippen molar-refractivity contribution < 1.29 is 27.5 Å². The van der Waals surface area contributed by atoms with Crippen LogP contribution in [0.2, 0.25) is 0 Å². The number of methoxy groups -OCH3 is 1. The van der Waals surface area contributed by atoms with Gasteiger partial charge in [0, 0.05) is 24.2 Å². The molecule has 7 nitrogen and oxygen atoms in total. The van der Waals surface area contributed by atoms with Crippen molar-refractivity contribution in [1.82, 2.24) is 15.3 Å². The molecule has 0 saturated carbocycles. The topological polar surface area (TPSA) is 96.1 Å². The molecular formula is C19H17F3N4O3. The summed E-state index contributed by atoms with van der Waals surface area (Å²) >= 11 is 0. The SMILES string of the molecule is COc1cc2c(NC(=O)C(=O)NCc3ccc(C)c(C(F)(F)F)c3)c[nH]c2cn1. The van der Waals surface area contributed by atoms with Gasteiger partial charge in [-0.3, -0.25) is 9.59 Å². The first-order valence-electron chi connectivity index (χ1n) is 8.46. The van der Waals surface area contributed by atoms with Gasteiger partial charge in [0.05, 0.1) is 30.1 Å². The molecule has 3 N–H and O–H groups in total. The number of hydrogen-bond acceptors (Lipinski definition) is 4. The highest BCUT2D eigenvalue weighted by Crippen LogP contribution is 2.32. The Balaban J connectivity index is 1.67. The van der Waals surface area contributed by atoms with E-state index >= 15 is 0 Å². The maximum absolute atomic E-state index is 13.0. The highest BCUT2D eigenvalue weighted by atomic mass is 19.4. The molecule has 0 spiro atoms. The second kappa shape index (κ2) is 7.82. The average Bonchev–Trinajstić information content (AvgIpc) is 3.08. The molecule has 0 aliphatic rings. The lowest BCUT2D eigenvalue weighted by Gasteiger charge is -2.12. The van der Waals surface area contributed by atoms with Crippen LogP contribution in [0.15, 0.2) is 36.7 Å². The van der Waals surface area contributed by atoms with Gasteiger partial charge in [-0.25, -0.2) is 4.98 Å². The molecule has 0 radical (unpaired) electrons. The summed E-state index contributed by atoms with van der Waals surface area (Å²) in [5.41, 5.74) is 0.494. The third-order valence-corrected chi connectivity index (χ3v) is 4.27. The number of aryl methyl sites for hydroxylation is 1. The lowest BCUT2D eigenvalue weighted by molar-refractivity contribution is -0.138. The second-order valence-electron chi connectivity index (χ2n) is 6.26. The predicted molar refractivity (Wildman–Crippen MR) is 99.3 cm³/mol. The third-order valence-electron chi connectivity index (χ3n) is 4.27. The van der Waals surface area contributed by atoms with E-state index < -0.39 is 23.6 Å². The fourth-order valence-electron chi connectivity index (χ4n) is 2.74. The number of ether oxygens (including phenoxy) is 1. The Morgan fingerprint density at radius 3 is 2.66 bits per heavy atom. The van der Waals surface area contributed by atoms with E-state index in [1.165, 1.54) is 38.6 Å².